The molecule has 1 aliphatic heterocycles. The zero-order chi connectivity index (χ0) is 14.5. The molecule has 20 heavy (non-hydrogen) atoms. The second-order valence-corrected chi connectivity index (χ2v) is 5.76. The van der Waals surface area contributed by atoms with Crippen LogP contribution in [0.3, 0.4) is 0 Å². The number of likely N-dealkylation sites (tertiary alicyclic amines) is 1. The van der Waals surface area contributed by atoms with Gasteiger partial charge in [-0.25, -0.2) is 9.67 Å². The first-order valence-electron chi connectivity index (χ1n) is 7.30. The van der Waals surface area contributed by atoms with Crippen molar-refractivity contribution in [2.45, 2.75) is 52.2 Å². The van der Waals surface area contributed by atoms with Crippen molar-refractivity contribution in [1.82, 2.24) is 19.7 Å². The molecule has 1 unspecified atom stereocenters. The maximum absolute atomic E-state index is 11.9. The standard InChI is InChI=1S/C14H24N4O2/c1-11(2)8-18-13(15-10-16-18)9-17-7-5-4-6-12(17)14(19)20-3/h10-12H,4-9H2,1-3H3. The van der Waals surface area contributed by atoms with Crippen LogP contribution >= 0.6 is 0 Å². The number of piperidine rings is 1. The summed E-state index contributed by atoms with van der Waals surface area (Å²) in [6, 6.07) is -0.141. The van der Waals surface area contributed by atoms with Gasteiger partial charge in [0.1, 0.15) is 18.2 Å². The van der Waals surface area contributed by atoms with Gasteiger partial charge in [0.2, 0.25) is 0 Å². The van der Waals surface area contributed by atoms with Gasteiger partial charge in [0.15, 0.2) is 0 Å². The number of rotatable bonds is 5. The Kier molecular flexibility index (Phi) is 5.11. The minimum Gasteiger partial charge on any atom is -0.468 e. The van der Waals surface area contributed by atoms with Gasteiger partial charge >= 0.3 is 5.97 Å². The molecule has 2 heterocycles. The van der Waals surface area contributed by atoms with E-state index in [2.05, 4.69) is 28.8 Å². The fraction of sp³-hybridized carbons (Fsp3) is 0.786. The molecule has 1 aliphatic rings. The van der Waals surface area contributed by atoms with E-state index in [1.165, 1.54) is 7.11 Å². The first kappa shape index (κ1) is 15.0. The smallest absolute Gasteiger partial charge is 0.323 e. The van der Waals surface area contributed by atoms with Crippen LogP contribution in [0.5, 0.6) is 0 Å². The number of ether oxygens (including phenoxy) is 1. The van der Waals surface area contributed by atoms with Crippen LogP contribution in [0.15, 0.2) is 6.33 Å². The molecule has 0 spiro atoms. The van der Waals surface area contributed by atoms with Crippen molar-refractivity contribution in [3.63, 3.8) is 0 Å². The van der Waals surface area contributed by atoms with E-state index in [9.17, 15) is 4.79 Å². The molecule has 6 nitrogen and oxygen atoms in total. The predicted molar refractivity (Wildman–Crippen MR) is 74.9 cm³/mol. The summed E-state index contributed by atoms with van der Waals surface area (Å²) in [5.41, 5.74) is 0. The molecule has 6 heteroatoms. The number of hydrogen-bond donors (Lipinski definition) is 0. The number of esters is 1. The fourth-order valence-corrected chi connectivity index (χ4v) is 2.67. The highest BCUT2D eigenvalue weighted by atomic mass is 16.5. The number of aromatic nitrogens is 3. The van der Waals surface area contributed by atoms with Crippen LogP contribution in [0, 0.1) is 5.92 Å². The van der Waals surface area contributed by atoms with E-state index in [-0.39, 0.29) is 12.0 Å². The normalized spacial score (nSPS) is 20.3. The molecule has 1 fully saturated rings. The first-order valence-corrected chi connectivity index (χ1v) is 7.30. The second-order valence-electron chi connectivity index (χ2n) is 5.76. The SMILES string of the molecule is COC(=O)C1CCCCN1Cc1ncnn1CC(C)C. The van der Waals surface area contributed by atoms with E-state index in [0.717, 1.165) is 38.2 Å². The van der Waals surface area contributed by atoms with Crippen molar-refractivity contribution in [3.05, 3.63) is 12.2 Å². The topological polar surface area (TPSA) is 60.2 Å². The Bertz CT molecular complexity index is 444. The molecular weight excluding hydrogens is 256 g/mol. The van der Waals surface area contributed by atoms with Gasteiger partial charge in [0.05, 0.1) is 13.7 Å². The Hall–Kier alpha value is -1.43. The molecule has 112 valence electrons. The van der Waals surface area contributed by atoms with Crippen LogP contribution in [0.1, 0.15) is 38.9 Å². The number of hydrogen-bond acceptors (Lipinski definition) is 5. The molecule has 1 aromatic rings. The molecule has 0 N–H and O–H groups in total. The highest BCUT2D eigenvalue weighted by Crippen LogP contribution is 2.20. The zero-order valence-corrected chi connectivity index (χ0v) is 12.6. The molecule has 1 aromatic heterocycles. The van der Waals surface area contributed by atoms with Gasteiger partial charge in [-0.2, -0.15) is 5.10 Å². The van der Waals surface area contributed by atoms with Crippen molar-refractivity contribution >= 4 is 5.97 Å². The number of carbonyl (C=O) groups excluding carboxylic acids is 1. The first-order chi connectivity index (χ1) is 9.61. The third-order valence-corrected chi connectivity index (χ3v) is 3.67. The van der Waals surface area contributed by atoms with Crippen molar-refractivity contribution in [2.24, 2.45) is 5.92 Å². The molecule has 0 aromatic carbocycles. The largest absolute Gasteiger partial charge is 0.468 e. The average molecular weight is 280 g/mol. The quantitative estimate of drug-likeness (QED) is 0.764. The van der Waals surface area contributed by atoms with Crippen LogP contribution in [-0.4, -0.2) is 45.3 Å². The Labute approximate surface area is 120 Å². The highest BCUT2D eigenvalue weighted by Gasteiger charge is 2.30. The van der Waals surface area contributed by atoms with Crippen LogP contribution in [0.2, 0.25) is 0 Å². The van der Waals surface area contributed by atoms with Crippen LogP contribution < -0.4 is 0 Å². The number of nitrogens with zero attached hydrogens (tertiary/aromatic N) is 4. The summed E-state index contributed by atoms with van der Waals surface area (Å²) in [5, 5.41) is 4.27. The van der Waals surface area contributed by atoms with Gasteiger partial charge in [0, 0.05) is 6.54 Å². The van der Waals surface area contributed by atoms with E-state index in [1.807, 2.05) is 4.68 Å². The third kappa shape index (κ3) is 3.56. The molecule has 1 atom stereocenters. The summed E-state index contributed by atoms with van der Waals surface area (Å²) in [6.45, 7) is 6.74. The van der Waals surface area contributed by atoms with Gasteiger partial charge in [-0.1, -0.05) is 20.3 Å². The maximum atomic E-state index is 11.9. The van der Waals surface area contributed by atoms with Crippen LogP contribution in [0.25, 0.3) is 0 Å². The number of carbonyl (C=O) groups is 1. The van der Waals surface area contributed by atoms with Gasteiger partial charge in [-0.15, -0.1) is 0 Å². The monoisotopic (exact) mass is 280 g/mol. The van der Waals surface area contributed by atoms with Crippen LogP contribution in [0.4, 0.5) is 0 Å². The summed E-state index contributed by atoms with van der Waals surface area (Å²) in [5.74, 6) is 1.31. The molecule has 1 saturated heterocycles. The molecule has 0 aliphatic carbocycles. The van der Waals surface area contributed by atoms with Gasteiger partial charge in [0.25, 0.3) is 0 Å². The summed E-state index contributed by atoms with van der Waals surface area (Å²) in [7, 11) is 1.45. The summed E-state index contributed by atoms with van der Waals surface area (Å²) < 4.78 is 6.85. The Morgan fingerprint density at radius 3 is 3.00 bits per heavy atom. The van der Waals surface area contributed by atoms with E-state index in [1.54, 1.807) is 6.33 Å². The minimum atomic E-state index is -0.141. The lowest BCUT2D eigenvalue weighted by molar-refractivity contribution is -0.148. The Balaban J connectivity index is 2.07. The molecule has 2 rings (SSSR count). The third-order valence-electron chi connectivity index (χ3n) is 3.67. The minimum absolute atomic E-state index is 0.139. The second kappa shape index (κ2) is 6.83. The van der Waals surface area contributed by atoms with Crippen molar-refractivity contribution in [1.29, 1.82) is 0 Å². The van der Waals surface area contributed by atoms with Gasteiger partial charge in [-0.05, 0) is 25.3 Å². The van der Waals surface area contributed by atoms with Crippen molar-refractivity contribution in [2.75, 3.05) is 13.7 Å². The van der Waals surface area contributed by atoms with E-state index in [4.69, 9.17) is 4.74 Å². The van der Waals surface area contributed by atoms with Crippen molar-refractivity contribution < 1.29 is 9.53 Å². The van der Waals surface area contributed by atoms with Gasteiger partial charge < -0.3 is 4.74 Å². The van der Waals surface area contributed by atoms with E-state index < -0.39 is 0 Å². The maximum Gasteiger partial charge on any atom is 0.323 e. The van der Waals surface area contributed by atoms with Crippen molar-refractivity contribution in [3.8, 4) is 0 Å². The molecule has 0 saturated carbocycles. The molecule has 0 bridgehead atoms. The molecular formula is C14H24N4O2. The molecule has 0 amide bonds. The summed E-state index contributed by atoms with van der Waals surface area (Å²) >= 11 is 0. The van der Waals surface area contributed by atoms with Gasteiger partial charge in [-0.3, -0.25) is 9.69 Å². The average Bonchev–Trinajstić information content (AvgIpc) is 2.85. The lowest BCUT2D eigenvalue weighted by Gasteiger charge is -2.33. The lowest BCUT2D eigenvalue weighted by atomic mass is 10.0. The predicted octanol–water partition coefficient (Wildman–Crippen LogP) is 1.46. The highest BCUT2D eigenvalue weighted by molar-refractivity contribution is 5.75. The Morgan fingerprint density at radius 2 is 2.30 bits per heavy atom. The zero-order valence-electron chi connectivity index (χ0n) is 12.6. The summed E-state index contributed by atoms with van der Waals surface area (Å²) in [6.07, 6.45) is 4.65. The fourth-order valence-electron chi connectivity index (χ4n) is 2.67. The van der Waals surface area contributed by atoms with Crippen LogP contribution in [-0.2, 0) is 22.6 Å². The molecule has 0 radical (unpaired) electrons. The van der Waals surface area contributed by atoms with E-state index >= 15 is 0 Å². The lowest BCUT2D eigenvalue weighted by Crippen LogP contribution is -2.45. The van der Waals surface area contributed by atoms with E-state index in [0.29, 0.717) is 12.5 Å². The Morgan fingerprint density at radius 1 is 1.50 bits per heavy atom. The number of methoxy groups -OCH3 is 1. The summed E-state index contributed by atoms with van der Waals surface area (Å²) in [4.78, 5) is 18.4.